The molecule has 2 aliphatic heterocycles. The zero-order chi connectivity index (χ0) is 18.8. The lowest BCUT2D eigenvalue weighted by atomic mass is 10.1. The van der Waals surface area contributed by atoms with E-state index in [1.165, 1.54) is 5.56 Å². The van der Waals surface area contributed by atoms with E-state index in [0.29, 0.717) is 13.2 Å². The molecule has 2 saturated heterocycles. The number of hydrogen-bond acceptors (Lipinski definition) is 5. The highest BCUT2D eigenvalue weighted by Crippen LogP contribution is 2.18. The van der Waals surface area contributed by atoms with E-state index in [0.717, 1.165) is 56.2 Å². The van der Waals surface area contributed by atoms with Crippen LogP contribution in [-0.2, 0) is 11.3 Å². The van der Waals surface area contributed by atoms with Gasteiger partial charge in [-0.1, -0.05) is 12.1 Å². The summed E-state index contributed by atoms with van der Waals surface area (Å²) in [6, 6.07) is 11.0. The van der Waals surface area contributed by atoms with Gasteiger partial charge in [-0.3, -0.25) is 9.80 Å². The Morgan fingerprint density at radius 3 is 2.74 bits per heavy atom. The molecule has 3 heterocycles. The summed E-state index contributed by atoms with van der Waals surface area (Å²) in [5.74, 6) is 0. The maximum absolute atomic E-state index is 10.1. The molecular weight excluding hydrogens is 340 g/mol. The van der Waals surface area contributed by atoms with Gasteiger partial charge in [0.15, 0.2) is 0 Å². The standard InChI is InChI=1S/C21H30N4O2/c1-16-11-17(2)25(22-16)19-6-3-5-18(12-19)13-23-7-4-8-24(10-9-23)20-14-27-15-21(20)26/h3,5-6,11-12,20-21,26H,4,7-10,13-15H2,1-2H3/t20-,21-/m1/s1. The summed E-state index contributed by atoms with van der Waals surface area (Å²) in [7, 11) is 0. The van der Waals surface area contributed by atoms with Gasteiger partial charge in [0, 0.05) is 25.3 Å². The van der Waals surface area contributed by atoms with Crippen LogP contribution in [0.2, 0.25) is 0 Å². The number of aromatic nitrogens is 2. The van der Waals surface area contributed by atoms with E-state index in [2.05, 4.69) is 52.2 Å². The fraction of sp³-hybridized carbons (Fsp3) is 0.571. The van der Waals surface area contributed by atoms with Crippen LogP contribution in [0.1, 0.15) is 23.4 Å². The van der Waals surface area contributed by atoms with Gasteiger partial charge in [0.1, 0.15) is 0 Å². The first kappa shape index (κ1) is 18.6. The molecule has 0 amide bonds. The van der Waals surface area contributed by atoms with Gasteiger partial charge in [-0.15, -0.1) is 0 Å². The monoisotopic (exact) mass is 370 g/mol. The maximum atomic E-state index is 10.1. The van der Waals surface area contributed by atoms with Crippen molar-refractivity contribution in [3.05, 3.63) is 47.3 Å². The summed E-state index contributed by atoms with van der Waals surface area (Å²) >= 11 is 0. The maximum Gasteiger partial charge on any atom is 0.0950 e. The first-order valence-electron chi connectivity index (χ1n) is 9.95. The van der Waals surface area contributed by atoms with E-state index < -0.39 is 0 Å². The second-order valence-electron chi connectivity index (χ2n) is 7.85. The van der Waals surface area contributed by atoms with Crippen LogP contribution in [0.25, 0.3) is 5.69 Å². The molecule has 2 atom stereocenters. The highest BCUT2D eigenvalue weighted by molar-refractivity contribution is 5.37. The van der Waals surface area contributed by atoms with Gasteiger partial charge in [0.05, 0.1) is 36.7 Å². The number of benzene rings is 1. The van der Waals surface area contributed by atoms with Crippen molar-refractivity contribution in [2.24, 2.45) is 0 Å². The van der Waals surface area contributed by atoms with Crippen molar-refractivity contribution in [3.8, 4) is 5.69 Å². The van der Waals surface area contributed by atoms with Crippen LogP contribution in [0.15, 0.2) is 30.3 Å². The summed E-state index contributed by atoms with van der Waals surface area (Å²) in [4.78, 5) is 4.92. The lowest BCUT2D eigenvalue weighted by Gasteiger charge is -2.28. The smallest absolute Gasteiger partial charge is 0.0950 e. The third-order valence-electron chi connectivity index (χ3n) is 5.68. The Labute approximate surface area is 161 Å². The van der Waals surface area contributed by atoms with Crippen molar-refractivity contribution < 1.29 is 9.84 Å². The van der Waals surface area contributed by atoms with Gasteiger partial charge in [0.2, 0.25) is 0 Å². The number of aliphatic hydroxyl groups is 1. The summed E-state index contributed by atoms with van der Waals surface area (Å²) in [5, 5.41) is 14.7. The Bertz CT molecular complexity index is 775. The Morgan fingerprint density at radius 2 is 2.00 bits per heavy atom. The summed E-state index contributed by atoms with van der Waals surface area (Å²) in [6.45, 7) is 10.3. The highest BCUT2D eigenvalue weighted by Gasteiger charge is 2.32. The number of rotatable bonds is 4. The number of aliphatic hydroxyl groups excluding tert-OH is 1. The molecule has 6 nitrogen and oxygen atoms in total. The fourth-order valence-electron chi connectivity index (χ4n) is 4.30. The molecule has 0 bridgehead atoms. The molecule has 1 N–H and O–H groups in total. The van der Waals surface area contributed by atoms with Crippen LogP contribution in [0.3, 0.4) is 0 Å². The summed E-state index contributed by atoms with van der Waals surface area (Å²) < 4.78 is 7.46. The molecule has 2 fully saturated rings. The van der Waals surface area contributed by atoms with Crippen LogP contribution >= 0.6 is 0 Å². The lowest BCUT2D eigenvalue weighted by molar-refractivity contribution is 0.0837. The molecule has 0 radical (unpaired) electrons. The molecule has 0 spiro atoms. The lowest BCUT2D eigenvalue weighted by Crippen LogP contribution is -2.44. The van der Waals surface area contributed by atoms with E-state index in [1.54, 1.807) is 0 Å². The van der Waals surface area contributed by atoms with Crippen LogP contribution in [0.5, 0.6) is 0 Å². The summed E-state index contributed by atoms with van der Waals surface area (Å²) in [6.07, 6.45) is 0.786. The molecule has 0 unspecified atom stereocenters. The second kappa shape index (κ2) is 8.10. The molecule has 1 aromatic heterocycles. The molecular formula is C21H30N4O2. The van der Waals surface area contributed by atoms with E-state index in [9.17, 15) is 5.11 Å². The van der Waals surface area contributed by atoms with Crippen LogP contribution in [0, 0.1) is 13.8 Å². The van der Waals surface area contributed by atoms with Crippen molar-refractivity contribution in [1.82, 2.24) is 19.6 Å². The van der Waals surface area contributed by atoms with Crippen LogP contribution in [-0.4, -0.2) is 76.2 Å². The predicted octanol–water partition coefficient (Wildman–Crippen LogP) is 1.76. The molecule has 2 aromatic rings. The van der Waals surface area contributed by atoms with Gasteiger partial charge in [0.25, 0.3) is 0 Å². The minimum absolute atomic E-state index is 0.166. The quantitative estimate of drug-likeness (QED) is 0.889. The molecule has 146 valence electrons. The van der Waals surface area contributed by atoms with Gasteiger partial charge in [-0.2, -0.15) is 5.10 Å². The second-order valence-corrected chi connectivity index (χ2v) is 7.85. The van der Waals surface area contributed by atoms with Crippen molar-refractivity contribution in [2.45, 2.75) is 39.0 Å². The van der Waals surface area contributed by atoms with Crippen LogP contribution in [0.4, 0.5) is 0 Å². The van der Waals surface area contributed by atoms with E-state index >= 15 is 0 Å². The Balaban J connectivity index is 1.41. The number of hydrogen-bond donors (Lipinski definition) is 1. The van der Waals surface area contributed by atoms with Gasteiger partial charge >= 0.3 is 0 Å². The molecule has 6 heteroatoms. The van der Waals surface area contributed by atoms with E-state index in [1.807, 2.05) is 11.6 Å². The normalized spacial score (nSPS) is 25.0. The van der Waals surface area contributed by atoms with E-state index in [-0.39, 0.29) is 12.1 Å². The zero-order valence-corrected chi connectivity index (χ0v) is 16.3. The van der Waals surface area contributed by atoms with Crippen molar-refractivity contribution in [2.75, 3.05) is 39.4 Å². The Kier molecular flexibility index (Phi) is 5.59. The molecule has 27 heavy (non-hydrogen) atoms. The number of aryl methyl sites for hydroxylation is 2. The van der Waals surface area contributed by atoms with Gasteiger partial charge in [-0.25, -0.2) is 4.68 Å². The average Bonchev–Trinajstić information content (AvgIpc) is 3.14. The van der Waals surface area contributed by atoms with Crippen LogP contribution < -0.4 is 0 Å². The predicted molar refractivity (Wildman–Crippen MR) is 105 cm³/mol. The minimum Gasteiger partial charge on any atom is -0.389 e. The fourth-order valence-corrected chi connectivity index (χ4v) is 4.30. The first-order valence-corrected chi connectivity index (χ1v) is 9.95. The number of ether oxygens (including phenoxy) is 1. The SMILES string of the molecule is Cc1cc(C)n(-c2cccc(CN3CCCN([C@@H]4COC[C@H]4O)CC3)c2)n1. The molecule has 1 aromatic carbocycles. The first-order chi connectivity index (χ1) is 13.1. The molecule has 0 aliphatic carbocycles. The van der Waals surface area contributed by atoms with Crippen molar-refractivity contribution in [3.63, 3.8) is 0 Å². The Hall–Kier alpha value is -1.73. The largest absolute Gasteiger partial charge is 0.389 e. The average molecular weight is 370 g/mol. The minimum atomic E-state index is -0.339. The Morgan fingerprint density at radius 1 is 1.11 bits per heavy atom. The van der Waals surface area contributed by atoms with Crippen molar-refractivity contribution in [1.29, 1.82) is 0 Å². The van der Waals surface area contributed by atoms with E-state index in [4.69, 9.17) is 4.74 Å². The third-order valence-corrected chi connectivity index (χ3v) is 5.68. The molecule has 0 saturated carbocycles. The van der Waals surface area contributed by atoms with Gasteiger partial charge in [-0.05, 0) is 57.1 Å². The highest BCUT2D eigenvalue weighted by atomic mass is 16.5. The summed E-state index contributed by atoms with van der Waals surface area (Å²) in [5.41, 5.74) is 4.65. The van der Waals surface area contributed by atoms with Crippen molar-refractivity contribution >= 4 is 0 Å². The number of nitrogens with zero attached hydrogens (tertiary/aromatic N) is 4. The zero-order valence-electron chi connectivity index (χ0n) is 16.3. The molecule has 2 aliphatic rings. The topological polar surface area (TPSA) is 53.8 Å². The third kappa shape index (κ3) is 4.24. The van der Waals surface area contributed by atoms with Gasteiger partial charge < -0.3 is 9.84 Å². The molecule has 4 rings (SSSR count).